The van der Waals surface area contributed by atoms with Gasteiger partial charge in [-0.15, -0.1) is 0 Å². The summed E-state index contributed by atoms with van der Waals surface area (Å²) in [5.74, 6) is 0. The molecule has 0 radical (unpaired) electrons. The number of fused-ring (bicyclic) bond motifs is 3. The molecule has 0 bridgehead atoms. The van der Waals surface area contributed by atoms with Crippen molar-refractivity contribution in [1.29, 1.82) is 0 Å². The number of benzene rings is 3. The predicted molar refractivity (Wildman–Crippen MR) is 106 cm³/mol. The van der Waals surface area contributed by atoms with Crippen molar-refractivity contribution in [2.75, 3.05) is 4.90 Å². The van der Waals surface area contributed by atoms with E-state index in [9.17, 15) is 0 Å². The van der Waals surface area contributed by atoms with E-state index in [1.807, 2.05) is 22.9 Å². The number of nitrogens with zero attached hydrogens (tertiary/aromatic N) is 3. The van der Waals surface area contributed by atoms with Crippen LogP contribution in [0.5, 0.6) is 0 Å². The van der Waals surface area contributed by atoms with Crippen LogP contribution in [0.15, 0.2) is 85.1 Å². The molecule has 126 valence electrons. The summed E-state index contributed by atoms with van der Waals surface area (Å²) in [5.41, 5.74) is 8.34. The lowest BCUT2D eigenvalue weighted by molar-refractivity contribution is 0.884. The van der Waals surface area contributed by atoms with Gasteiger partial charge in [0.15, 0.2) is 0 Å². The highest BCUT2D eigenvalue weighted by molar-refractivity contribution is 5.86. The van der Waals surface area contributed by atoms with Gasteiger partial charge in [-0.25, -0.2) is 4.68 Å². The molecule has 1 aliphatic heterocycles. The van der Waals surface area contributed by atoms with Gasteiger partial charge < -0.3 is 4.90 Å². The largest absolute Gasteiger partial charge is 0.336 e. The average molecular weight is 337 g/mol. The van der Waals surface area contributed by atoms with Crippen molar-refractivity contribution in [3.8, 4) is 16.9 Å². The highest BCUT2D eigenvalue weighted by atomic mass is 15.3. The minimum atomic E-state index is 0.823. The summed E-state index contributed by atoms with van der Waals surface area (Å²) in [7, 11) is 0. The van der Waals surface area contributed by atoms with Crippen molar-refractivity contribution in [3.05, 3.63) is 96.2 Å². The van der Waals surface area contributed by atoms with Crippen LogP contribution in [0.4, 0.5) is 11.4 Å². The van der Waals surface area contributed by atoms with Crippen molar-refractivity contribution in [2.24, 2.45) is 0 Å². The molecular formula is C23H19N3. The SMILES string of the molecule is Cc1ccccc1N1Cc2cn(-c3ccccc3)nc2-c2ccccc21. The van der Waals surface area contributed by atoms with Gasteiger partial charge in [-0.1, -0.05) is 54.6 Å². The van der Waals surface area contributed by atoms with Crippen molar-refractivity contribution in [1.82, 2.24) is 9.78 Å². The molecule has 0 amide bonds. The van der Waals surface area contributed by atoms with Crippen LogP contribution in [0, 0.1) is 6.92 Å². The van der Waals surface area contributed by atoms with Gasteiger partial charge in [0.2, 0.25) is 0 Å². The lowest BCUT2D eigenvalue weighted by atomic mass is 9.99. The van der Waals surface area contributed by atoms with Crippen molar-refractivity contribution >= 4 is 11.4 Å². The molecule has 3 heteroatoms. The molecule has 0 atom stereocenters. The topological polar surface area (TPSA) is 21.1 Å². The second-order valence-corrected chi connectivity index (χ2v) is 6.67. The molecule has 0 N–H and O–H groups in total. The number of aromatic nitrogens is 2. The molecule has 26 heavy (non-hydrogen) atoms. The molecule has 0 saturated heterocycles. The smallest absolute Gasteiger partial charge is 0.0998 e. The molecule has 4 aromatic rings. The van der Waals surface area contributed by atoms with Gasteiger partial charge in [0, 0.05) is 23.0 Å². The van der Waals surface area contributed by atoms with Crippen LogP contribution in [-0.4, -0.2) is 9.78 Å². The molecule has 0 fully saturated rings. The average Bonchev–Trinajstić information content (AvgIpc) is 3.13. The molecule has 0 saturated carbocycles. The van der Waals surface area contributed by atoms with E-state index in [0.717, 1.165) is 17.9 Å². The number of anilines is 2. The number of para-hydroxylation sites is 3. The number of hydrogen-bond donors (Lipinski definition) is 0. The van der Waals surface area contributed by atoms with Crippen LogP contribution in [-0.2, 0) is 6.54 Å². The van der Waals surface area contributed by atoms with Gasteiger partial charge in [-0.2, -0.15) is 5.10 Å². The monoisotopic (exact) mass is 337 g/mol. The van der Waals surface area contributed by atoms with Crippen LogP contribution < -0.4 is 4.90 Å². The Labute approximate surface area is 153 Å². The first-order valence-electron chi connectivity index (χ1n) is 8.88. The first-order valence-corrected chi connectivity index (χ1v) is 8.88. The zero-order valence-corrected chi connectivity index (χ0v) is 14.6. The van der Waals surface area contributed by atoms with E-state index in [-0.39, 0.29) is 0 Å². The fraction of sp³-hybridized carbons (Fsp3) is 0.0870. The Morgan fingerprint density at radius 1 is 0.769 bits per heavy atom. The van der Waals surface area contributed by atoms with E-state index in [4.69, 9.17) is 5.10 Å². The Kier molecular flexibility index (Phi) is 3.39. The lowest BCUT2D eigenvalue weighted by Crippen LogP contribution is -2.21. The summed E-state index contributed by atoms with van der Waals surface area (Å²) in [5, 5.41) is 4.90. The zero-order chi connectivity index (χ0) is 17.5. The minimum absolute atomic E-state index is 0.823. The predicted octanol–water partition coefficient (Wildman–Crippen LogP) is 5.50. The maximum absolute atomic E-state index is 4.90. The van der Waals surface area contributed by atoms with Crippen LogP contribution in [0.3, 0.4) is 0 Å². The lowest BCUT2D eigenvalue weighted by Gasteiger charge is -2.31. The van der Waals surface area contributed by atoms with E-state index in [2.05, 4.69) is 78.7 Å². The minimum Gasteiger partial charge on any atom is -0.336 e. The second kappa shape index (κ2) is 5.88. The van der Waals surface area contributed by atoms with Crippen molar-refractivity contribution in [3.63, 3.8) is 0 Å². The van der Waals surface area contributed by atoms with E-state index < -0.39 is 0 Å². The van der Waals surface area contributed by atoms with Gasteiger partial charge in [0.1, 0.15) is 0 Å². The van der Waals surface area contributed by atoms with E-state index in [1.54, 1.807) is 0 Å². The molecule has 0 spiro atoms. The van der Waals surface area contributed by atoms with Gasteiger partial charge in [-0.3, -0.25) is 0 Å². The Morgan fingerprint density at radius 2 is 1.46 bits per heavy atom. The normalized spacial score (nSPS) is 12.6. The molecule has 1 aromatic heterocycles. The third-order valence-electron chi connectivity index (χ3n) is 5.00. The number of hydrogen-bond acceptors (Lipinski definition) is 2. The fourth-order valence-corrected chi connectivity index (χ4v) is 3.71. The molecule has 3 aromatic carbocycles. The third kappa shape index (κ3) is 2.32. The molecule has 3 nitrogen and oxygen atoms in total. The van der Waals surface area contributed by atoms with Gasteiger partial charge in [0.05, 0.1) is 23.6 Å². The maximum Gasteiger partial charge on any atom is 0.0998 e. The number of rotatable bonds is 2. The molecule has 2 heterocycles. The molecule has 5 rings (SSSR count). The van der Waals surface area contributed by atoms with E-state index in [0.29, 0.717) is 0 Å². The summed E-state index contributed by atoms with van der Waals surface area (Å²) in [4.78, 5) is 2.39. The van der Waals surface area contributed by atoms with E-state index >= 15 is 0 Å². The first kappa shape index (κ1) is 15.0. The Morgan fingerprint density at radius 3 is 2.27 bits per heavy atom. The van der Waals surface area contributed by atoms with Crippen LogP contribution in [0.25, 0.3) is 16.9 Å². The van der Waals surface area contributed by atoms with Crippen LogP contribution >= 0.6 is 0 Å². The van der Waals surface area contributed by atoms with Crippen LogP contribution in [0.1, 0.15) is 11.1 Å². The van der Waals surface area contributed by atoms with Crippen LogP contribution in [0.2, 0.25) is 0 Å². The Hall–Kier alpha value is -3.33. The fourth-order valence-electron chi connectivity index (χ4n) is 3.71. The Balaban J connectivity index is 1.68. The molecular weight excluding hydrogens is 318 g/mol. The molecule has 0 unspecified atom stereocenters. The highest BCUT2D eigenvalue weighted by Crippen LogP contribution is 2.42. The first-order chi connectivity index (χ1) is 12.8. The summed E-state index contributed by atoms with van der Waals surface area (Å²) in [6.45, 7) is 2.99. The quantitative estimate of drug-likeness (QED) is 0.481. The summed E-state index contributed by atoms with van der Waals surface area (Å²) >= 11 is 0. The Bertz CT molecular complexity index is 1080. The summed E-state index contributed by atoms with van der Waals surface area (Å²) in [6.07, 6.45) is 2.16. The molecule has 1 aliphatic rings. The van der Waals surface area contributed by atoms with Gasteiger partial charge >= 0.3 is 0 Å². The van der Waals surface area contributed by atoms with Crippen molar-refractivity contribution in [2.45, 2.75) is 13.5 Å². The zero-order valence-electron chi connectivity index (χ0n) is 14.6. The van der Waals surface area contributed by atoms with Crippen molar-refractivity contribution < 1.29 is 0 Å². The molecule has 0 aliphatic carbocycles. The second-order valence-electron chi connectivity index (χ2n) is 6.67. The summed E-state index contributed by atoms with van der Waals surface area (Å²) < 4.78 is 1.99. The van der Waals surface area contributed by atoms with Gasteiger partial charge in [0.25, 0.3) is 0 Å². The third-order valence-corrected chi connectivity index (χ3v) is 5.00. The number of aryl methyl sites for hydroxylation is 1. The standard InChI is InChI=1S/C23H19N3/c1-17-9-5-7-13-21(17)25-15-18-16-26(19-10-3-2-4-11-19)24-23(18)20-12-6-8-14-22(20)25/h2-14,16H,15H2,1H3. The maximum atomic E-state index is 4.90. The van der Waals surface area contributed by atoms with Gasteiger partial charge in [-0.05, 0) is 36.8 Å². The summed E-state index contributed by atoms with van der Waals surface area (Å²) in [6, 6.07) is 27.4. The van der Waals surface area contributed by atoms with E-state index in [1.165, 1.54) is 28.1 Å². The highest BCUT2D eigenvalue weighted by Gasteiger charge is 2.26.